The molecule has 0 spiro atoms. The Hall–Kier alpha value is -0.800. The molecule has 0 radical (unpaired) electrons. The predicted octanol–water partition coefficient (Wildman–Crippen LogP) is 2.41. The van der Waals surface area contributed by atoms with Gasteiger partial charge in [-0.05, 0) is 18.1 Å². The number of carboxylic acids is 1. The van der Waals surface area contributed by atoms with Crippen molar-refractivity contribution < 1.29 is 9.90 Å². The highest BCUT2D eigenvalue weighted by Crippen LogP contribution is 2.19. The van der Waals surface area contributed by atoms with Gasteiger partial charge in [0.2, 0.25) is 0 Å². The van der Waals surface area contributed by atoms with E-state index in [0.29, 0.717) is 22.2 Å². The average molecular weight is 220 g/mol. The molecule has 0 atom stereocenters. The van der Waals surface area contributed by atoms with Crippen LogP contribution in [0.4, 0.5) is 0 Å². The SMILES string of the molecule is O=C(O)CCc1cnc(Cl)cc1Cl. The lowest BCUT2D eigenvalue weighted by atomic mass is 10.1. The Balaban J connectivity index is 2.72. The molecule has 13 heavy (non-hydrogen) atoms. The molecule has 0 aliphatic carbocycles. The summed E-state index contributed by atoms with van der Waals surface area (Å²) in [7, 11) is 0. The number of aliphatic carboxylic acids is 1. The van der Waals surface area contributed by atoms with Gasteiger partial charge in [-0.1, -0.05) is 23.2 Å². The van der Waals surface area contributed by atoms with Crippen LogP contribution < -0.4 is 0 Å². The first-order valence-electron chi connectivity index (χ1n) is 3.61. The van der Waals surface area contributed by atoms with Gasteiger partial charge >= 0.3 is 5.97 Å². The van der Waals surface area contributed by atoms with Crippen molar-refractivity contribution in [2.24, 2.45) is 0 Å². The second kappa shape index (κ2) is 4.44. The lowest BCUT2D eigenvalue weighted by Gasteiger charge is -2.01. The maximum Gasteiger partial charge on any atom is 0.303 e. The fraction of sp³-hybridized carbons (Fsp3) is 0.250. The Kier molecular flexibility index (Phi) is 3.51. The van der Waals surface area contributed by atoms with Gasteiger partial charge in [-0.15, -0.1) is 0 Å². The van der Waals surface area contributed by atoms with Crippen LogP contribution in [-0.2, 0) is 11.2 Å². The third kappa shape index (κ3) is 3.20. The van der Waals surface area contributed by atoms with Crippen molar-refractivity contribution in [3.63, 3.8) is 0 Å². The number of nitrogens with zero attached hydrogens (tertiary/aromatic N) is 1. The molecule has 0 bridgehead atoms. The molecule has 0 amide bonds. The standard InChI is InChI=1S/C8H7Cl2NO2/c9-6-3-7(10)11-4-5(6)1-2-8(12)13/h3-4H,1-2H2,(H,12,13). The minimum atomic E-state index is -0.856. The summed E-state index contributed by atoms with van der Waals surface area (Å²) in [6.07, 6.45) is 1.91. The zero-order valence-corrected chi connectivity index (χ0v) is 8.14. The summed E-state index contributed by atoms with van der Waals surface area (Å²) in [5, 5.41) is 9.20. The number of carboxylic acid groups (broad SMARTS) is 1. The number of carbonyl (C=O) groups is 1. The van der Waals surface area contributed by atoms with E-state index in [0.717, 1.165) is 0 Å². The number of pyridine rings is 1. The smallest absolute Gasteiger partial charge is 0.303 e. The van der Waals surface area contributed by atoms with Crippen LogP contribution in [0.3, 0.4) is 0 Å². The topological polar surface area (TPSA) is 50.2 Å². The third-order valence-electron chi connectivity index (χ3n) is 1.50. The van der Waals surface area contributed by atoms with E-state index in [1.165, 1.54) is 12.3 Å². The van der Waals surface area contributed by atoms with Gasteiger partial charge in [0.25, 0.3) is 0 Å². The van der Waals surface area contributed by atoms with Gasteiger partial charge in [-0.3, -0.25) is 4.79 Å². The quantitative estimate of drug-likeness (QED) is 0.795. The summed E-state index contributed by atoms with van der Waals surface area (Å²) in [5.41, 5.74) is 0.702. The molecule has 0 saturated carbocycles. The van der Waals surface area contributed by atoms with Crippen LogP contribution in [0.15, 0.2) is 12.3 Å². The second-order valence-corrected chi connectivity index (χ2v) is 3.29. The average Bonchev–Trinajstić information content (AvgIpc) is 2.02. The number of hydrogen-bond acceptors (Lipinski definition) is 2. The number of aryl methyl sites for hydroxylation is 1. The number of aromatic nitrogens is 1. The van der Waals surface area contributed by atoms with Gasteiger partial charge in [-0.2, -0.15) is 0 Å². The first kappa shape index (κ1) is 10.3. The molecule has 3 nitrogen and oxygen atoms in total. The Morgan fingerprint density at radius 2 is 2.23 bits per heavy atom. The summed E-state index contributed by atoms with van der Waals surface area (Å²) in [5.74, 6) is -0.856. The zero-order valence-electron chi connectivity index (χ0n) is 6.63. The molecule has 1 aromatic rings. The normalized spacial score (nSPS) is 10.0. The number of rotatable bonds is 3. The molecular weight excluding hydrogens is 213 g/mol. The molecule has 0 aliphatic rings. The summed E-state index contributed by atoms with van der Waals surface area (Å²) in [6.45, 7) is 0. The van der Waals surface area contributed by atoms with Crippen LogP contribution in [0.5, 0.6) is 0 Å². The highest BCUT2D eigenvalue weighted by Gasteiger charge is 2.04. The molecule has 70 valence electrons. The van der Waals surface area contributed by atoms with Crippen molar-refractivity contribution in [2.45, 2.75) is 12.8 Å². The summed E-state index contributed by atoms with van der Waals surface area (Å²) >= 11 is 11.4. The van der Waals surface area contributed by atoms with E-state index >= 15 is 0 Å². The van der Waals surface area contributed by atoms with E-state index < -0.39 is 5.97 Å². The van der Waals surface area contributed by atoms with Crippen LogP contribution >= 0.6 is 23.2 Å². The molecular formula is C8H7Cl2NO2. The Morgan fingerprint density at radius 3 is 2.77 bits per heavy atom. The van der Waals surface area contributed by atoms with E-state index in [2.05, 4.69) is 4.98 Å². The fourth-order valence-corrected chi connectivity index (χ4v) is 1.32. The van der Waals surface area contributed by atoms with Gasteiger partial charge in [0.15, 0.2) is 0 Å². The summed E-state index contributed by atoms with van der Waals surface area (Å²) < 4.78 is 0. The molecule has 0 unspecified atom stereocenters. The van der Waals surface area contributed by atoms with Crippen LogP contribution in [0.1, 0.15) is 12.0 Å². The van der Waals surface area contributed by atoms with E-state index in [-0.39, 0.29) is 6.42 Å². The minimum Gasteiger partial charge on any atom is -0.481 e. The number of hydrogen-bond donors (Lipinski definition) is 1. The fourth-order valence-electron chi connectivity index (χ4n) is 0.861. The molecule has 1 aromatic heterocycles. The highest BCUT2D eigenvalue weighted by atomic mass is 35.5. The van der Waals surface area contributed by atoms with Crippen LogP contribution in [0, 0.1) is 0 Å². The zero-order chi connectivity index (χ0) is 9.84. The molecule has 0 aromatic carbocycles. The monoisotopic (exact) mass is 219 g/mol. The van der Waals surface area contributed by atoms with E-state index in [1.54, 1.807) is 0 Å². The second-order valence-electron chi connectivity index (χ2n) is 2.49. The molecule has 1 rings (SSSR count). The van der Waals surface area contributed by atoms with Gasteiger partial charge in [0.05, 0.1) is 0 Å². The number of halogens is 2. The minimum absolute atomic E-state index is 0.0447. The Labute approximate surface area is 85.3 Å². The molecule has 0 saturated heterocycles. The third-order valence-corrected chi connectivity index (χ3v) is 2.06. The van der Waals surface area contributed by atoms with Crippen molar-refractivity contribution in [1.29, 1.82) is 0 Å². The van der Waals surface area contributed by atoms with E-state index in [1.807, 2.05) is 0 Å². The molecule has 1 heterocycles. The first-order valence-corrected chi connectivity index (χ1v) is 4.37. The molecule has 1 N–H and O–H groups in total. The molecule has 0 fully saturated rings. The van der Waals surface area contributed by atoms with Gasteiger partial charge < -0.3 is 5.11 Å². The van der Waals surface area contributed by atoms with Crippen molar-refractivity contribution in [3.8, 4) is 0 Å². The lowest BCUT2D eigenvalue weighted by Crippen LogP contribution is -1.98. The van der Waals surface area contributed by atoms with Crippen molar-refractivity contribution in [1.82, 2.24) is 4.98 Å². The Morgan fingerprint density at radius 1 is 1.54 bits per heavy atom. The maximum absolute atomic E-state index is 10.3. The summed E-state index contributed by atoms with van der Waals surface area (Å²) in [6, 6.07) is 1.50. The highest BCUT2D eigenvalue weighted by molar-refractivity contribution is 6.34. The lowest BCUT2D eigenvalue weighted by molar-refractivity contribution is -0.136. The van der Waals surface area contributed by atoms with E-state index in [4.69, 9.17) is 28.3 Å². The largest absolute Gasteiger partial charge is 0.481 e. The molecule has 5 heteroatoms. The van der Waals surface area contributed by atoms with Crippen molar-refractivity contribution in [3.05, 3.63) is 28.0 Å². The van der Waals surface area contributed by atoms with Gasteiger partial charge in [-0.25, -0.2) is 4.98 Å². The van der Waals surface area contributed by atoms with Crippen LogP contribution in [0.25, 0.3) is 0 Å². The van der Waals surface area contributed by atoms with Gasteiger partial charge in [0, 0.05) is 17.6 Å². The molecule has 0 aliphatic heterocycles. The van der Waals surface area contributed by atoms with Crippen molar-refractivity contribution in [2.75, 3.05) is 0 Å². The van der Waals surface area contributed by atoms with Crippen LogP contribution in [-0.4, -0.2) is 16.1 Å². The van der Waals surface area contributed by atoms with Gasteiger partial charge in [0.1, 0.15) is 5.15 Å². The van der Waals surface area contributed by atoms with Crippen molar-refractivity contribution >= 4 is 29.2 Å². The Bertz CT molecular complexity index is 328. The maximum atomic E-state index is 10.3. The first-order chi connectivity index (χ1) is 6.09. The summed E-state index contributed by atoms with van der Waals surface area (Å²) in [4.78, 5) is 14.1. The predicted molar refractivity (Wildman–Crippen MR) is 50.2 cm³/mol. The van der Waals surface area contributed by atoms with Crippen LogP contribution in [0.2, 0.25) is 10.2 Å². The van der Waals surface area contributed by atoms with E-state index in [9.17, 15) is 4.79 Å².